The van der Waals surface area contributed by atoms with Crippen molar-refractivity contribution in [3.8, 4) is 0 Å². The number of nitrogens with zero attached hydrogens (tertiary/aromatic N) is 1. The average molecular weight is 276 g/mol. The molecule has 4 heteroatoms. The number of carbonyl (C=O) groups is 1. The smallest absolute Gasteiger partial charge is 0.224 e. The molecule has 1 amide bonds. The third-order valence-corrected chi connectivity index (χ3v) is 2.07. The summed E-state index contributed by atoms with van der Waals surface area (Å²) in [4.78, 5) is 15.0. The minimum absolute atomic E-state index is 0.0120. The van der Waals surface area contributed by atoms with Crippen LogP contribution in [0.1, 0.15) is 5.56 Å². The number of rotatable bonds is 2. The topological polar surface area (TPSA) is 42.0 Å². The molecule has 0 unspecified atom stereocenters. The summed E-state index contributed by atoms with van der Waals surface area (Å²) in [6.07, 6.45) is 2.12. The molecule has 1 N–H and O–H groups in total. The molecule has 1 aromatic rings. The Balaban J connectivity index is 2.64. The van der Waals surface area contributed by atoms with Crippen LogP contribution in [-0.2, 0) is 11.2 Å². The molecule has 64 valence electrons. The van der Waals surface area contributed by atoms with Crippen LogP contribution in [-0.4, -0.2) is 17.9 Å². The van der Waals surface area contributed by atoms with Gasteiger partial charge in [0.15, 0.2) is 0 Å². The molecule has 3 nitrogen and oxygen atoms in total. The summed E-state index contributed by atoms with van der Waals surface area (Å²) in [6.45, 7) is 0. The Labute approximate surface area is 84.7 Å². The van der Waals surface area contributed by atoms with Crippen molar-refractivity contribution < 1.29 is 4.79 Å². The van der Waals surface area contributed by atoms with E-state index < -0.39 is 0 Å². The van der Waals surface area contributed by atoms with E-state index in [-0.39, 0.29) is 5.91 Å². The van der Waals surface area contributed by atoms with Crippen molar-refractivity contribution in [1.82, 2.24) is 10.3 Å². The molecule has 0 atom stereocenters. The zero-order valence-corrected chi connectivity index (χ0v) is 8.83. The lowest BCUT2D eigenvalue weighted by atomic mass is 10.2. The van der Waals surface area contributed by atoms with Gasteiger partial charge in [-0.15, -0.1) is 0 Å². The van der Waals surface area contributed by atoms with E-state index in [1.807, 2.05) is 12.1 Å². The molecule has 0 saturated carbocycles. The molecule has 0 radical (unpaired) electrons. The molecular formula is C8H9IN2O. The molecular weight excluding hydrogens is 267 g/mol. The zero-order chi connectivity index (χ0) is 8.97. The summed E-state index contributed by atoms with van der Waals surface area (Å²) in [7, 11) is 1.63. The monoisotopic (exact) mass is 276 g/mol. The zero-order valence-electron chi connectivity index (χ0n) is 6.67. The van der Waals surface area contributed by atoms with E-state index >= 15 is 0 Å². The first-order valence-corrected chi connectivity index (χ1v) is 4.61. The molecule has 0 bridgehead atoms. The van der Waals surface area contributed by atoms with Crippen LogP contribution >= 0.6 is 22.6 Å². The van der Waals surface area contributed by atoms with Crippen molar-refractivity contribution in [3.05, 3.63) is 27.6 Å². The summed E-state index contributed by atoms with van der Waals surface area (Å²) in [5.41, 5.74) is 0.940. The third-order valence-electron chi connectivity index (χ3n) is 1.43. The summed E-state index contributed by atoms with van der Waals surface area (Å²) in [6, 6.07) is 3.79. The maximum absolute atomic E-state index is 10.9. The molecule has 0 saturated heterocycles. The first kappa shape index (κ1) is 9.44. The Kier molecular flexibility index (Phi) is 3.46. The maximum Gasteiger partial charge on any atom is 0.224 e. The quantitative estimate of drug-likeness (QED) is 0.646. The highest BCUT2D eigenvalue weighted by atomic mass is 127. The van der Waals surface area contributed by atoms with E-state index in [9.17, 15) is 4.79 Å². The van der Waals surface area contributed by atoms with Crippen molar-refractivity contribution in [1.29, 1.82) is 0 Å². The van der Waals surface area contributed by atoms with Crippen molar-refractivity contribution >= 4 is 28.5 Å². The van der Waals surface area contributed by atoms with Gasteiger partial charge in [-0.25, -0.2) is 0 Å². The Morgan fingerprint density at radius 3 is 2.92 bits per heavy atom. The summed E-state index contributed by atoms with van der Waals surface area (Å²) in [5.74, 6) is 0.0120. The number of aromatic nitrogens is 1. The average Bonchev–Trinajstić information content (AvgIpc) is 2.09. The highest BCUT2D eigenvalue weighted by molar-refractivity contribution is 14.1. The molecule has 1 aromatic heterocycles. The Morgan fingerprint density at radius 2 is 2.42 bits per heavy atom. The number of pyridine rings is 1. The van der Waals surface area contributed by atoms with Crippen LogP contribution in [0, 0.1) is 3.70 Å². The largest absolute Gasteiger partial charge is 0.359 e. The number of halogens is 1. The molecule has 0 aromatic carbocycles. The SMILES string of the molecule is CNC(=O)Cc1ccc(I)nc1. The lowest BCUT2D eigenvalue weighted by Gasteiger charge is -1.98. The van der Waals surface area contributed by atoms with Crippen molar-refractivity contribution in [3.63, 3.8) is 0 Å². The van der Waals surface area contributed by atoms with E-state index in [0.717, 1.165) is 9.26 Å². The van der Waals surface area contributed by atoms with Crippen LogP contribution < -0.4 is 5.32 Å². The van der Waals surface area contributed by atoms with Crippen LogP contribution in [0.25, 0.3) is 0 Å². The van der Waals surface area contributed by atoms with Gasteiger partial charge in [-0.1, -0.05) is 6.07 Å². The van der Waals surface area contributed by atoms with Crippen LogP contribution in [0.3, 0.4) is 0 Å². The number of hydrogen-bond acceptors (Lipinski definition) is 2. The number of hydrogen-bond donors (Lipinski definition) is 1. The number of amides is 1. The van der Waals surface area contributed by atoms with Gasteiger partial charge in [0, 0.05) is 13.2 Å². The van der Waals surface area contributed by atoms with E-state index in [2.05, 4.69) is 32.9 Å². The molecule has 1 rings (SSSR count). The van der Waals surface area contributed by atoms with Gasteiger partial charge in [0.1, 0.15) is 3.70 Å². The summed E-state index contributed by atoms with van der Waals surface area (Å²) < 4.78 is 0.938. The van der Waals surface area contributed by atoms with Gasteiger partial charge in [0.25, 0.3) is 0 Å². The number of likely N-dealkylation sites (N-methyl/N-ethyl adjacent to an activating group) is 1. The summed E-state index contributed by atoms with van der Waals surface area (Å²) >= 11 is 2.13. The molecule has 0 fully saturated rings. The standard InChI is InChI=1S/C8H9IN2O/c1-10-8(12)4-6-2-3-7(9)11-5-6/h2-3,5H,4H2,1H3,(H,10,12). The van der Waals surface area contributed by atoms with Crippen molar-refractivity contribution in [2.75, 3.05) is 7.05 Å². The molecule has 0 aliphatic carbocycles. The lowest BCUT2D eigenvalue weighted by molar-refractivity contribution is -0.119. The van der Waals surface area contributed by atoms with Gasteiger partial charge in [-0.05, 0) is 34.2 Å². The van der Waals surface area contributed by atoms with Crippen LogP contribution in [0.15, 0.2) is 18.3 Å². The van der Waals surface area contributed by atoms with Gasteiger partial charge in [0.2, 0.25) is 5.91 Å². The second-order valence-corrected chi connectivity index (χ2v) is 3.44. The fraction of sp³-hybridized carbons (Fsp3) is 0.250. The van der Waals surface area contributed by atoms with Gasteiger partial charge >= 0.3 is 0 Å². The first-order chi connectivity index (χ1) is 5.72. The van der Waals surface area contributed by atoms with Gasteiger partial charge in [-0.3, -0.25) is 9.78 Å². The van der Waals surface area contributed by atoms with Crippen LogP contribution in [0.4, 0.5) is 0 Å². The first-order valence-electron chi connectivity index (χ1n) is 3.53. The van der Waals surface area contributed by atoms with Crippen LogP contribution in [0.5, 0.6) is 0 Å². The Hall–Kier alpha value is -0.650. The molecule has 12 heavy (non-hydrogen) atoms. The highest BCUT2D eigenvalue weighted by Gasteiger charge is 1.99. The normalized spacial score (nSPS) is 9.50. The fourth-order valence-electron chi connectivity index (χ4n) is 0.785. The Bertz CT molecular complexity index is 271. The predicted molar refractivity (Wildman–Crippen MR) is 54.7 cm³/mol. The van der Waals surface area contributed by atoms with Crippen molar-refractivity contribution in [2.45, 2.75) is 6.42 Å². The minimum Gasteiger partial charge on any atom is -0.359 e. The second kappa shape index (κ2) is 4.39. The van der Waals surface area contributed by atoms with E-state index in [1.54, 1.807) is 13.2 Å². The van der Waals surface area contributed by atoms with E-state index in [0.29, 0.717) is 6.42 Å². The van der Waals surface area contributed by atoms with E-state index in [1.165, 1.54) is 0 Å². The van der Waals surface area contributed by atoms with Crippen LogP contribution in [0.2, 0.25) is 0 Å². The second-order valence-electron chi connectivity index (χ2n) is 2.34. The van der Waals surface area contributed by atoms with Gasteiger partial charge < -0.3 is 5.32 Å². The predicted octanol–water partition coefficient (Wildman–Crippen LogP) is 0.975. The molecule has 0 spiro atoms. The van der Waals surface area contributed by atoms with E-state index in [4.69, 9.17) is 0 Å². The third kappa shape index (κ3) is 2.77. The number of carbonyl (C=O) groups excluding carboxylic acids is 1. The van der Waals surface area contributed by atoms with Gasteiger partial charge in [-0.2, -0.15) is 0 Å². The fourth-order valence-corrected chi connectivity index (χ4v) is 1.10. The molecule has 0 aliphatic heterocycles. The maximum atomic E-state index is 10.9. The number of nitrogens with one attached hydrogen (secondary N) is 1. The summed E-state index contributed by atoms with van der Waals surface area (Å²) in [5, 5.41) is 2.56. The Morgan fingerprint density at radius 1 is 1.67 bits per heavy atom. The molecule has 0 aliphatic rings. The van der Waals surface area contributed by atoms with Gasteiger partial charge in [0.05, 0.1) is 6.42 Å². The van der Waals surface area contributed by atoms with Crippen molar-refractivity contribution in [2.24, 2.45) is 0 Å². The molecule has 1 heterocycles. The minimum atomic E-state index is 0.0120. The lowest BCUT2D eigenvalue weighted by Crippen LogP contribution is -2.19. The highest BCUT2D eigenvalue weighted by Crippen LogP contribution is 2.03.